The third kappa shape index (κ3) is 5.07. The Morgan fingerprint density at radius 2 is 2.12 bits per heavy atom. The summed E-state index contributed by atoms with van der Waals surface area (Å²) in [6.07, 6.45) is 1.37. The fourth-order valence-electron chi connectivity index (χ4n) is 2.21. The van der Waals surface area contributed by atoms with Gasteiger partial charge < -0.3 is 10.2 Å². The molecule has 3 heteroatoms. The SMILES string of the molecule is CC(C)NCC(C)(C)CN(C)C1CCSC1. The van der Waals surface area contributed by atoms with E-state index in [-0.39, 0.29) is 0 Å². The van der Waals surface area contributed by atoms with Crippen molar-refractivity contribution in [2.45, 2.75) is 46.2 Å². The molecule has 1 atom stereocenters. The zero-order valence-electron chi connectivity index (χ0n) is 11.5. The molecule has 0 aliphatic carbocycles. The molecule has 0 aromatic rings. The summed E-state index contributed by atoms with van der Waals surface area (Å²) >= 11 is 2.10. The van der Waals surface area contributed by atoms with E-state index in [4.69, 9.17) is 0 Å². The molecule has 1 aliphatic rings. The van der Waals surface area contributed by atoms with Gasteiger partial charge in [-0.15, -0.1) is 0 Å². The highest BCUT2D eigenvalue weighted by Crippen LogP contribution is 2.24. The predicted molar refractivity (Wildman–Crippen MR) is 75.3 cm³/mol. The Morgan fingerprint density at radius 3 is 2.62 bits per heavy atom. The van der Waals surface area contributed by atoms with Gasteiger partial charge in [-0.3, -0.25) is 0 Å². The number of hydrogen-bond acceptors (Lipinski definition) is 3. The predicted octanol–water partition coefficient (Wildman–Crippen LogP) is 2.45. The van der Waals surface area contributed by atoms with Crippen LogP contribution in [0.15, 0.2) is 0 Å². The molecule has 1 N–H and O–H groups in total. The first kappa shape index (κ1) is 14.3. The lowest BCUT2D eigenvalue weighted by molar-refractivity contribution is 0.166. The molecule has 1 fully saturated rings. The van der Waals surface area contributed by atoms with Crippen molar-refractivity contribution in [2.75, 3.05) is 31.6 Å². The summed E-state index contributed by atoms with van der Waals surface area (Å²) in [4.78, 5) is 2.56. The first-order valence-corrected chi connectivity index (χ1v) is 7.57. The van der Waals surface area contributed by atoms with Crippen molar-refractivity contribution in [2.24, 2.45) is 5.41 Å². The first-order chi connectivity index (χ1) is 7.41. The standard InChI is InChI=1S/C13H28N2S/c1-11(2)14-9-13(3,4)10-15(5)12-6-7-16-8-12/h11-12,14H,6-10H2,1-5H3. The fourth-order valence-corrected chi connectivity index (χ4v) is 3.51. The van der Waals surface area contributed by atoms with Crippen LogP contribution in [0.5, 0.6) is 0 Å². The van der Waals surface area contributed by atoms with Gasteiger partial charge in [0.25, 0.3) is 0 Å². The Balaban J connectivity index is 2.32. The molecule has 0 amide bonds. The van der Waals surface area contributed by atoms with Gasteiger partial charge in [-0.1, -0.05) is 27.7 Å². The number of thioether (sulfide) groups is 1. The summed E-state index contributed by atoms with van der Waals surface area (Å²) in [6.45, 7) is 11.5. The molecule has 1 rings (SSSR count). The maximum atomic E-state index is 3.55. The molecule has 16 heavy (non-hydrogen) atoms. The molecule has 1 aliphatic heterocycles. The van der Waals surface area contributed by atoms with Crippen molar-refractivity contribution in [3.05, 3.63) is 0 Å². The molecule has 96 valence electrons. The van der Waals surface area contributed by atoms with Crippen molar-refractivity contribution in [1.82, 2.24) is 10.2 Å². The number of hydrogen-bond donors (Lipinski definition) is 1. The van der Waals surface area contributed by atoms with Crippen LogP contribution in [-0.4, -0.2) is 48.6 Å². The Hall–Kier alpha value is 0.270. The van der Waals surface area contributed by atoms with Gasteiger partial charge in [-0.2, -0.15) is 11.8 Å². The quantitative estimate of drug-likeness (QED) is 0.772. The zero-order chi connectivity index (χ0) is 12.2. The molecular formula is C13H28N2S. The van der Waals surface area contributed by atoms with Crippen LogP contribution < -0.4 is 5.32 Å². The first-order valence-electron chi connectivity index (χ1n) is 6.42. The van der Waals surface area contributed by atoms with Gasteiger partial charge in [0.15, 0.2) is 0 Å². The Morgan fingerprint density at radius 1 is 1.44 bits per heavy atom. The van der Waals surface area contributed by atoms with Gasteiger partial charge >= 0.3 is 0 Å². The molecule has 0 bridgehead atoms. The van der Waals surface area contributed by atoms with Gasteiger partial charge in [0, 0.05) is 30.9 Å². The summed E-state index contributed by atoms with van der Waals surface area (Å²) in [5.41, 5.74) is 0.367. The van der Waals surface area contributed by atoms with Crippen LogP contribution >= 0.6 is 11.8 Å². The summed E-state index contributed by atoms with van der Waals surface area (Å²) in [6, 6.07) is 1.40. The second-order valence-corrected chi connectivity index (χ2v) is 7.28. The molecule has 0 spiro atoms. The Bertz CT molecular complexity index is 198. The van der Waals surface area contributed by atoms with Crippen LogP contribution in [-0.2, 0) is 0 Å². The zero-order valence-corrected chi connectivity index (χ0v) is 12.4. The summed E-state index contributed by atoms with van der Waals surface area (Å²) in [5.74, 6) is 2.67. The average Bonchev–Trinajstić information content (AvgIpc) is 2.67. The highest BCUT2D eigenvalue weighted by Gasteiger charge is 2.26. The van der Waals surface area contributed by atoms with E-state index >= 15 is 0 Å². The van der Waals surface area contributed by atoms with Crippen molar-refractivity contribution >= 4 is 11.8 Å². The van der Waals surface area contributed by atoms with E-state index in [1.54, 1.807) is 0 Å². The topological polar surface area (TPSA) is 15.3 Å². The van der Waals surface area contributed by atoms with Crippen LogP contribution in [0.25, 0.3) is 0 Å². The fraction of sp³-hybridized carbons (Fsp3) is 1.00. The third-order valence-corrected chi connectivity index (χ3v) is 4.34. The van der Waals surface area contributed by atoms with Crippen molar-refractivity contribution in [3.63, 3.8) is 0 Å². The third-order valence-electron chi connectivity index (χ3n) is 3.20. The minimum absolute atomic E-state index is 0.367. The molecule has 0 saturated carbocycles. The monoisotopic (exact) mass is 244 g/mol. The second kappa shape index (κ2) is 6.27. The van der Waals surface area contributed by atoms with Gasteiger partial charge in [0.1, 0.15) is 0 Å². The van der Waals surface area contributed by atoms with Crippen LogP contribution in [0.4, 0.5) is 0 Å². The lowest BCUT2D eigenvalue weighted by Gasteiger charge is -2.34. The summed E-state index contributed by atoms with van der Waals surface area (Å²) in [5, 5.41) is 3.55. The molecular weight excluding hydrogens is 216 g/mol. The van der Waals surface area contributed by atoms with Crippen molar-refractivity contribution in [1.29, 1.82) is 0 Å². The normalized spacial score (nSPS) is 22.3. The average molecular weight is 244 g/mol. The van der Waals surface area contributed by atoms with E-state index in [0.29, 0.717) is 11.5 Å². The van der Waals surface area contributed by atoms with Gasteiger partial charge in [0.05, 0.1) is 0 Å². The van der Waals surface area contributed by atoms with Gasteiger partial charge in [-0.25, -0.2) is 0 Å². The maximum absolute atomic E-state index is 3.55. The molecule has 1 heterocycles. The molecule has 2 nitrogen and oxygen atoms in total. The van der Waals surface area contributed by atoms with Gasteiger partial charge in [0.2, 0.25) is 0 Å². The summed E-state index contributed by atoms with van der Waals surface area (Å²) in [7, 11) is 2.29. The lowest BCUT2D eigenvalue weighted by atomic mass is 9.92. The van der Waals surface area contributed by atoms with E-state index < -0.39 is 0 Å². The minimum Gasteiger partial charge on any atom is -0.314 e. The molecule has 0 aromatic heterocycles. The number of rotatable bonds is 6. The van der Waals surface area contributed by atoms with Crippen LogP contribution in [0.1, 0.15) is 34.1 Å². The van der Waals surface area contributed by atoms with Crippen LogP contribution in [0.3, 0.4) is 0 Å². The van der Waals surface area contributed by atoms with E-state index in [1.165, 1.54) is 24.5 Å². The van der Waals surface area contributed by atoms with Crippen LogP contribution in [0, 0.1) is 5.41 Å². The molecule has 0 aromatic carbocycles. The van der Waals surface area contributed by atoms with Crippen molar-refractivity contribution < 1.29 is 0 Å². The lowest BCUT2D eigenvalue weighted by Crippen LogP contribution is -2.44. The highest BCUT2D eigenvalue weighted by atomic mass is 32.2. The smallest absolute Gasteiger partial charge is 0.0191 e. The minimum atomic E-state index is 0.367. The van der Waals surface area contributed by atoms with E-state index in [1.807, 2.05) is 0 Å². The second-order valence-electron chi connectivity index (χ2n) is 6.13. The number of nitrogens with one attached hydrogen (secondary N) is 1. The van der Waals surface area contributed by atoms with E-state index in [0.717, 1.165) is 12.6 Å². The van der Waals surface area contributed by atoms with Crippen molar-refractivity contribution in [3.8, 4) is 0 Å². The Kier molecular flexibility index (Phi) is 5.62. The molecule has 1 unspecified atom stereocenters. The van der Waals surface area contributed by atoms with Gasteiger partial charge in [-0.05, 0) is 24.6 Å². The molecule has 1 saturated heterocycles. The maximum Gasteiger partial charge on any atom is 0.0191 e. The molecule has 0 radical (unpaired) electrons. The van der Waals surface area contributed by atoms with E-state index in [2.05, 4.69) is 56.7 Å². The highest BCUT2D eigenvalue weighted by molar-refractivity contribution is 7.99. The largest absolute Gasteiger partial charge is 0.314 e. The Labute approximate surface area is 106 Å². The van der Waals surface area contributed by atoms with Crippen LogP contribution in [0.2, 0.25) is 0 Å². The van der Waals surface area contributed by atoms with E-state index in [9.17, 15) is 0 Å². The number of nitrogens with zero attached hydrogens (tertiary/aromatic N) is 1. The summed E-state index contributed by atoms with van der Waals surface area (Å²) < 4.78 is 0.